The third kappa shape index (κ3) is 2.67. The maximum atomic E-state index is 9.95. The summed E-state index contributed by atoms with van der Waals surface area (Å²) in [5.74, 6) is 0. The van der Waals surface area contributed by atoms with Gasteiger partial charge in [0.05, 0.1) is 6.29 Å². The Balaban J connectivity index is 0.000000810. The Morgan fingerprint density at radius 2 is 2.20 bits per heavy atom. The van der Waals surface area contributed by atoms with Crippen molar-refractivity contribution >= 4 is 6.29 Å². The third-order valence-electron chi connectivity index (χ3n) is 1.03. The SMILES string of the molecule is Cc1ccc([C-]=O)cn1.[Y]. The average molecular weight is 209 g/mol. The first-order valence-corrected chi connectivity index (χ1v) is 2.64. The van der Waals surface area contributed by atoms with E-state index in [1.807, 2.05) is 6.92 Å². The minimum Gasteiger partial charge on any atom is -0.376 e. The number of nitrogens with zero attached hydrogens (tertiary/aromatic N) is 1. The van der Waals surface area contributed by atoms with Crippen LogP contribution in [0.1, 0.15) is 11.3 Å². The van der Waals surface area contributed by atoms with Crippen molar-refractivity contribution in [1.29, 1.82) is 0 Å². The molecule has 0 aromatic carbocycles. The average Bonchev–Trinajstić information content (AvgIpc) is 1.90. The molecule has 0 aliphatic rings. The smallest absolute Gasteiger partial charge is 0.0641 e. The van der Waals surface area contributed by atoms with E-state index in [1.165, 1.54) is 6.20 Å². The van der Waals surface area contributed by atoms with E-state index in [1.54, 1.807) is 18.4 Å². The molecule has 0 saturated carbocycles. The van der Waals surface area contributed by atoms with Crippen LogP contribution in [0.2, 0.25) is 0 Å². The number of hydrogen-bond donors (Lipinski definition) is 0. The summed E-state index contributed by atoms with van der Waals surface area (Å²) < 4.78 is 0. The molecule has 10 heavy (non-hydrogen) atoms. The standard InChI is InChI=1S/C7H6NO.Y/c1-6-2-3-7(5-9)4-8-6;/h2-4H,1H3;/q-1;. The van der Waals surface area contributed by atoms with Crippen LogP contribution in [0.5, 0.6) is 0 Å². The van der Waals surface area contributed by atoms with Gasteiger partial charge >= 0.3 is 0 Å². The quantitative estimate of drug-likeness (QED) is 0.641. The van der Waals surface area contributed by atoms with Crippen molar-refractivity contribution in [3.05, 3.63) is 29.6 Å². The van der Waals surface area contributed by atoms with Crippen LogP contribution in [-0.4, -0.2) is 11.3 Å². The molecule has 1 heterocycles. The van der Waals surface area contributed by atoms with Crippen molar-refractivity contribution < 1.29 is 37.5 Å². The van der Waals surface area contributed by atoms with E-state index < -0.39 is 0 Å². The van der Waals surface area contributed by atoms with Gasteiger partial charge in [0.15, 0.2) is 0 Å². The van der Waals surface area contributed by atoms with Crippen LogP contribution in [0.3, 0.4) is 0 Å². The second-order valence-corrected chi connectivity index (χ2v) is 1.79. The van der Waals surface area contributed by atoms with Gasteiger partial charge in [0.25, 0.3) is 0 Å². The van der Waals surface area contributed by atoms with Crippen molar-refractivity contribution in [3.8, 4) is 0 Å². The molecule has 0 fully saturated rings. The van der Waals surface area contributed by atoms with Crippen molar-refractivity contribution in [2.24, 2.45) is 0 Å². The number of hydrogen-bond acceptors (Lipinski definition) is 2. The molecule has 0 unspecified atom stereocenters. The summed E-state index contributed by atoms with van der Waals surface area (Å²) in [5.41, 5.74) is 1.41. The summed E-state index contributed by atoms with van der Waals surface area (Å²) in [5, 5.41) is 0. The fourth-order valence-corrected chi connectivity index (χ4v) is 0.528. The number of rotatable bonds is 1. The molecule has 0 aliphatic heterocycles. The molecule has 0 saturated heterocycles. The molecule has 1 rings (SSSR count). The van der Waals surface area contributed by atoms with Crippen LogP contribution in [0.4, 0.5) is 0 Å². The molecule has 49 valence electrons. The summed E-state index contributed by atoms with van der Waals surface area (Å²) in [6.07, 6.45) is 3.24. The van der Waals surface area contributed by atoms with Gasteiger partial charge < -0.3 is 9.78 Å². The maximum absolute atomic E-state index is 9.95. The normalized spacial score (nSPS) is 8.10. The van der Waals surface area contributed by atoms with E-state index >= 15 is 0 Å². The van der Waals surface area contributed by atoms with Crippen LogP contribution >= 0.6 is 0 Å². The van der Waals surface area contributed by atoms with E-state index in [2.05, 4.69) is 4.98 Å². The maximum Gasteiger partial charge on any atom is 0.0641 e. The Labute approximate surface area is 84.9 Å². The molecule has 1 radical (unpaired) electrons. The number of aromatic nitrogens is 1. The summed E-state index contributed by atoms with van der Waals surface area (Å²) in [4.78, 5) is 13.8. The predicted octanol–water partition coefficient (Wildman–Crippen LogP) is 0.845. The Hall–Kier alpha value is -0.0761. The Morgan fingerprint density at radius 3 is 2.60 bits per heavy atom. The van der Waals surface area contributed by atoms with Crippen molar-refractivity contribution in [3.63, 3.8) is 0 Å². The molecule has 0 bridgehead atoms. The molecule has 3 heteroatoms. The van der Waals surface area contributed by atoms with Crippen LogP contribution in [-0.2, 0) is 37.5 Å². The van der Waals surface area contributed by atoms with Gasteiger partial charge in [-0.05, 0) is 6.92 Å². The first kappa shape index (κ1) is 9.92. The van der Waals surface area contributed by atoms with Gasteiger partial charge in [-0.1, -0.05) is 12.3 Å². The second-order valence-electron chi connectivity index (χ2n) is 1.79. The van der Waals surface area contributed by atoms with Gasteiger partial charge in [-0.3, -0.25) is 0 Å². The first-order chi connectivity index (χ1) is 4.33. The minimum atomic E-state index is 0. The zero-order valence-corrected chi connectivity index (χ0v) is 8.50. The molecule has 0 spiro atoms. The van der Waals surface area contributed by atoms with Gasteiger partial charge in [-0.25, -0.2) is 0 Å². The third-order valence-corrected chi connectivity index (χ3v) is 1.03. The molecule has 0 N–H and O–H groups in total. The summed E-state index contributed by atoms with van der Waals surface area (Å²) in [6.45, 7) is 1.87. The first-order valence-electron chi connectivity index (χ1n) is 2.64. The zero-order chi connectivity index (χ0) is 6.69. The molecule has 0 atom stereocenters. The summed E-state index contributed by atoms with van der Waals surface area (Å²) in [7, 11) is 0. The van der Waals surface area contributed by atoms with E-state index in [-0.39, 0.29) is 32.7 Å². The molecular weight excluding hydrogens is 203 g/mol. The largest absolute Gasteiger partial charge is 0.376 e. The van der Waals surface area contributed by atoms with E-state index in [9.17, 15) is 4.79 Å². The fourth-order valence-electron chi connectivity index (χ4n) is 0.528. The van der Waals surface area contributed by atoms with Crippen molar-refractivity contribution in [2.45, 2.75) is 6.92 Å². The molecule has 0 amide bonds. The second kappa shape index (κ2) is 4.70. The van der Waals surface area contributed by atoms with Crippen LogP contribution in [0.25, 0.3) is 0 Å². The van der Waals surface area contributed by atoms with Gasteiger partial charge in [-0.15, -0.1) is 5.56 Å². The summed E-state index contributed by atoms with van der Waals surface area (Å²) in [6, 6.07) is 3.47. The molecule has 0 aliphatic carbocycles. The van der Waals surface area contributed by atoms with Gasteiger partial charge in [0.1, 0.15) is 0 Å². The fraction of sp³-hybridized carbons (Fsp3) is 0.143. The van der Waals surface area contributed by atoms with Crippen molar-refractivity contribution in [2.75, 3.05) is 0 Å². The Kier molecular flexibility index (Phi) is 4.66. The zero-order valence-electron chi connectivity index (χ0n) is 5.66. The van der Waals surface area contributed by atoms with Crippen LogP contribution < -0.4 is 0 Å². The monoisotopic (exact) mass is 209 g/mol. The van der Waals surface area contributed by atoms with Gasteiger partial charge in [-0.2, -0.15) is 6.07 Å². The molecule has 1 aromatic rings. The predicted molar refractivity (Wildman–Crippen MR) is 33.8 cm³/mol. The summed E-state index contributed by atoms with van der Waals surface area (Å²) >= 11 is 0. The molecular formula is C7H6NOY-. The topological polar surface area (TPSA) is 30.0 Å². The molecule has 1 aromatic heterocycles. The van der Waals surface area contributed by atoms with Crippen molar-refractivity contribution in [1.82, 2.24) is 4.98 Å². The van der Waals surface area contributed by atoms with Gasteiger partial charge in [0, 0.05) is 38.4 Å². The Bertz CT molecular complexity index is 207. The van der Waals surface area contributed by atoms with E-state index in [0.717, 1.165) is 5.69 Å². The Morgan fingerprint density at radius 1 is 1.50 bits per heavy atom. The number of aryl methyl sites for hydroxylation is 1. The van der Waals surface area contributed by atoms with Crippen LogP contribution in [0, 0.1) is 6.92 Å². The van der Waals surface area contributed by atoms with Crippen LogP contribution in [0.15, 0.2) is 18.3 Å². The minimum absolute atomic E-state index is 0. The molecule has 2 nitrogen and oxygen atoms in total. The van der Waals surface area contributed by atoms with E-state index in [4.69, 9.17) is 0 Å². The number of carbonyl (C=O) groups excluding carboxylic acids is 1. The number of pyridine rings is 1. The van der Waals surface area contributed by atoms with E-state index in [0.29, 0.717) is 5.56 Å². The van der Waals surface area contributed by atoms with Gasteiger partial charge in [0.2, 0.25) is 0 Å².